The number of piperidine rings is 1. The average Bonchev–Trinajstić information content (AvgIpc) is 2.80. The highest BCUT2D eigenvalue weighted by molar-refractivity contribution is 6.08. The fourth-order valence-electron chi connectivity index (χ4n) is 3.37. The van der Waals surface area contributed by atoms with Crippen LogP contribution in [0, 0.1) is 0 Å². The minimum absolute atomic E-state index is 0.147. The van der Waals surface area contributed by atoms with Crippen LogP contribution in [0.1, 0.15) is 38.8 Å². The lowest BCUT2D eigenvalue weighted by Gasteiger charge is -2.34. The summed E-state index contributed by atoms with van der Waals surface area (Å²) >= 11 is 0. The van der Waals surface area contributed by atoms with Gasteiger partial charge in [-0.05, 0) is 45.2 Å². The summed E-state index contributed by atoms with van der Waals surface area (Å²) in [5, 5.41) is 2.67. The lowest BCUT2D eigenvalue weighted by atomic mass is 9.97. The topological polar surface area (TPSA) is 82.6 Å². The van der Waals surface area contributed by atoms with E-state index in [1.165, 1.54) is 0 Å². The van der Waals surface area contributed by atoms with Crippen molar-refractivity contribution >= 4 is 17.8 Å². The van der Waals surface area contributed by atoms with Gasteiger partial charge in [-0.2, -0.15) is 0 Å². The van der Waals surface area contributed by atoms with Gasteiger partial charge in [0.1, 0.15) is 6.54 Å². The molecule has 2 aliphatic heterocycles. The molecule has 0 spiro atoms. The maximum atomic E-state index is 12.8. The van der Waals surface area contributed by atoms with Crippen LogP contribution in [0.15, 0.2) is 24.4 Å². The van der Waals surface area contributed by atoms with Crippen LogP contribution in [0.25, 0.3) is 0 Å². The first-order valence-corrected chi connectivity index (χ1v) is 8.28. The molecule has 1 aromatic heterocycles. The molecule has 0 aromatic carbocycles. The molecule has 4 amide bonds. The van der Waals surface area contributed by atoms with Crippen LogP contribution in [-0.4, -0.2) is 51.8 Å². The molecule has 1 aromatic rings. The molecule has 0 bridgehead atoms. The van der Waals surface area contributed by atoms with E-state index in [4.69, 9.17) is 0 Å². The highest BCUT2D eigenvalue weighted by Gasteiger charge is 2.50. The van der Waals surface area contributed by atoms with Crippen molar-refractivity contribution in [3.63, 3.8) is 0 Å². The van der Waals surface area contributed by atoms with Crippen molar-refractivity contribution in [2.24, 2.45) is 0 Å². The molecule has 0 radical (unpaired) electrons. The van der Waals surface area contributed by atoms with Crippen molar-refractivity contribution in [3.05, 3.63) is 30.1 Å². The quantitative estimate of drug-likeness (QED) is 0.846. The molecule has 24 heavy (non-hydrogen) atoms. The fraction of sp³-hybridized carbons (Fsp3) is 0.529. The van der Waals surface area contributed by atoms with Crippen molar-refractivity contribution in [2.75, 3.05) is 13.1 Å². The van der Waals surface area contributed by atoms with Crippen LogP contribution >= 0.6 is 0 Å². The van der Waals surface area contributed by atoms with E-state index in [0.717, 1.165) is 24.2 Å². The van der Waals surface area contributed by atoms with Gasteiger partial charge in [0.25, 0.3) is 5.91 Å². The molecule has 3 heterocycles. The first kappa shape index (κ1) is 16.4. The molecule has 7 heteroatoms. The normalized spacial score (nSPS) is 27.3. The number of aromatic nitrogens is 1. The summed E-state index contributed by atoms with van der Waals surface area (Å²) in [7, 11) is 0. The summed E-state index contributed by atoms with van der Waals surface area (Å²) in [6.07, 6.45) is 4.59. The smallest absolute Gasteiger partial charge is 0.325 e. The van der Waals surface area contributed by atoms with E-state index in [1.54, 1.807) is 36.2 Å². The van der Waals surface area contributed by atoms with Gasteiger partial charge in [-0.3, -0.25) is 19.5 Å². The van der Waals surface area contributed by atoms with Crippen LogP contribution < -0.4 is 5.32 Å². The first-order chi connectivity index (χ1) is 11.4. The lowest BCUT2D eigenvalue weighted by Crippen LogP contribution is -2.48. The SMILES string of the molecule is CC1CCCCN1C(=O)CN1C(=O)NC(C)(c2ccccn2)C1=O. The zero-order valence-electron chi connectivity index (χ0n) is 14.0. The monoisotopic (exact) mass is 330 g/mol. The predicted octanol–water partition coefficient (Wildman–Crippen LogP) is 1.25. The third-order valence-corrected chi connectivity index (χ3v) is 4.87. The number of nitrogens with zero attached hydrogens (tertiary/aromatic N) is 3. The average molecular weight is 330 g/mol. The molecule has 7 nitrogen and oxygen atoms in total. The van der Waals surface area contributed by atoms with Gasteiger partial charge in [0, 0.05) is 18.8 Å². The summed E-state index contributed by atoms with van der Waals surface area (Å²) in [6, 6.07) is 4.79. The second-order valence-electron chi connectivity index (χ2n) is 6.59. The van der Waals surface area contributed by atoms with Gasteiger partial charge in [0.2, 0.25) is 5.91 Å². The summed E-state index contributed by atoms with van der Waals surface area (Å²) in [5.74, 6) is -0.625. The van der Waals surface area contributed by atoms with Gasteiger partial charge in [-0.15, -0.1) is 0 Å². The second kappa shape index (κ2) is 6.22. The Morgan fingerprint density at radius 2 is 2.17 bits per heavy atom. The molecule has 1 N–H and O–H groups in total. The highest BCUT2D eigenvalue weighted by atomic mass is 16.2. The number of nitrogens with one attached hydrogen (secondary N) is 1. The molecular weight excluding hydrogens is 308 g/mol. The maximum Gasteiger partial charge on any atom is 0.325 e. The first-order valence-electron chi connectivity index (χ1n) is 8.28. The van der Waals surface area contributed by atoms with Crippen molar-refractivity contribution in [3.8, 4) is 0 Å². The molecule has 0 aliphatic carbocycles. The third kappa shape index (κ3) is 2.74. The molecule has 2 fully saturated rings. The number of hydrogen-bond donors (Lipinski definition) is 1. The number of carbonyl (C=O) groups is 3. The van der Waals surface area contributed by atoms with Crippen LogP contribution in [0.2, 0.25) is 0 Å². The number of likely N-dealkylation sites (tertiary alicyclic amines) is 1. The van der Waals surface area contributed by atoms with Gasteiger partial charge >= 0.3 is 6.03 Å². The summed E-state index contributed by atoms with van der Waals surface area (Å²) in [4.78, 5) is 44.5. The zero-order valence-corrected chi connectivity index (χ0v) is 14.0. The summed E-state index contributed by atoms with van der Waals surface area (Å²) in [5.41, 5.74) is -0.767. The van der Waals surface area contributed by atoms with E-state index in [2.05, 4.69) is 10.3 Å². The van der Waals surface area contributed by atoms with E-state index in [0.29, 0.717) is 12.2 Å². The second-order valence-corrected chi connectivity index (χ2v) is 6.59. The summed E-state index contributed by atoms with van der Waals surface area (Å²) < 4.78 is 0. The third-order valence-electron chi connectivity index (χ3n) is 4.87. The van der Waals surface area contributed by atoms with Crippen molar-refractivity contribution in [1.82, 2.24) is 20.1 Å². The predicted molar refractivity (Wildman–Crippen MR) is 86.9 cm³/mol. The Morgan fingerprint density at radius 3 is 2.83 bits per heavy atom. The minimum atomic E-state index is -1.23. The minimum Gasteiger partial charge on any atom is -0.338 e. The van der Waals surface area contributed by atoms with Crippen LogP contribution in [-0.2, 0) is 15.1 Å². The lowest BCUT2D eigenvalue weighted by molar-refractivity contribution is -0.140. The Bertz CT molecular complexity index is 663. The van der Waals surface area contributed by atoms with E-state index in [-0.39, 0.29) is 18.5 Å². The Kier molecular flexibility index (Phi) is 4.26. The number of pyridine rings is 1. The molecule has 0 saturated carbocycles. The fourth-order valence-corrected chi connectivity index (χ4v) is 3.37. The molecule has 2 unspecified atom stereocenters. The molecule has 2 aliphatic rings. The van der Waals surface area contributed by atoms with Crippen LogP contribution in [0.3, 0.4) is 0 Å². The van der Waals surface area contributed by atoms with E-state index < -0.39 is 17.5 Å². The van der Waals surface area contributed by atoms with Crippen molar-refractivity contribution < 1.29 is 14.4 Å². The van der Waals surface area contributed by atoms with Gasteiger partial charge in [0.15, 0.2) is 5.54 Å². The number of urea groups is 1. The zero-order chi connectivity index (χ0) is 17.3. The van der Waals surface area contributed by atoms with E-state index >= 15 is 0 Å². The standard InChI is InChI=1S/C17H22N4O3/c1-12-7-4-6-10-20(12)14(22)11-21-15(23)17(2,19-16(21)24)13-8-3-5-9-18-13/h3,5,8-9,12H,4,6-7,10-11H2,1-2H3,(H,19,24). The van der Waals surface area contributed by atoms with Crippen molar-refractivity contribution in [1.29, 1.82) is 0 Å². The van der Waals surface area contributed by atoms with Gasteiger partial charge in [-0.25, -0.2) is 4.79 Å². The van der Waals surface area contributed by atoms with Crippen LogP contribution in [0.4, 0.5) is 4.79 Å². The molecule has 3 rings (SSSR count). The highest BCUT2D eigenvalue weighted by Crippen LogP contribution is 2.27. The summed E-state index contributed by atoms with van der Waals surface area (Å²) in [6.45, 7) is 4.07. The van der Waals surface area contributed by atoms with E-state index in [1.807, 2.05) is 6.92 Å². The van der Waals surface area contributed by atoms with Crippen molar-refractivity contribution in [2.45, 2.75) is 44.7 Å². The Balaban J connectivity index is 1.76. The molecule has 2 saturated heterocycles. The number of hydrogen-bond acceptors (Lipinski definition) is 4. The largest absolute Gasteiger partial charge is 0.338 e. The Labute approximate surface area is 141 Å². The van der Waals surface area contributed by atoms with Gasteiger partial charge in [0.05, 0.1) is 5.69 Å². The van der Waals surface area contributed by atoms with Gasteiger partial charge in [-0.1, -0.05) is 6.07 Å². The number of rotatable bonds is 3. The number of imide groups is 1. The van der Waals surface area contributed by atoms with Crippen LogP contribution in [0.5, 0.6) is 0 Å². The molecule has 2 atom stereocenters. The molecule has 128 valence electrons. The Morgan fingerprint density at radius 1 is 1.38 bits per heavy atom. The Hall–Kier alpha value is -2.44. The molecular formula is C17H22N4O3. The number of amides is 4. The maximum absolute atomic E-state index is 12.8. The number of carbonyl (C=O) groups excluding carboxylic acids is 3. The van der Waals surface area contributed by atoms with E-state index in [9.17, 15) is 14.4 Å². The van der Waals surface area contributed by atoms with Gasteiger partial charge < -0.3 is 10.2 Å².